The van der Waals surface area contributed by atoms with Crippen molar-refractivity contribution < 1.29 is 29.3 Å². The molecule has 0 unspecified atom stereocenters. The van der Waals surface area contributed by atoms with Crippen LogP contribution in [0.3, 0.4) is 0 Å². The molecule has 0 bridgehead atoms. The molecule has 0 radical (unpaired) electrons. The number of ether oxygens (including phenoxy) is 2. The molecule has 0 heterocycles. The molecule has 0 aliphatic rings. The molecule has 0 aromatic heterocycles. The molecule has 8 nitrogen and oxygen atoms in total. The molecular formula is C12H14N2O6. The van der Waals surface area contributed by atoms with Crippen LogP contribution in [0.2, 0.25) is 0 Å². The lowest BCUT2D eigenvalue weighted by molar-refractivity contribution is -0.138. The summed E-state index contributed by atoms with van der Waals surface area (Å²) in [4.78, 5) is 20.8. The van der Waals surface area contributed by atoms with Crippen molar-refractivity contribution in [2.75, 3.05) is 13.2 Å². The topological polar surface area (TPSA) is 129 Å². The van der Waals surface area contributed by atoms with Crippen molar-refractivity contribution in [3.8, 4) is 11.5 Å². The number of nitrogens with one attached hydrogen (secondary N) is 1. The van der Waals surface area contributed by atoms with E-state index in [1.54, 1.807) is 0 Å². The molecule has 0 aliphatic heterocycles. The average molecular weight is 282 g/mol. The first-order valence-corrected chi connectivity index (χ1v) is 5.73. The Morgan fingerprint density at radius 3 is 2.25 bits per heavy atom. The van der Waals surface area contributed by atoms with Gasteiger partial charge >= 0.3 is 11.9 Å². The van der Waals surface area contributed by atoms with Crippen LogP contribution in [0.15, 0.2) is 23.3 Å². The van der Waals surface area contributed by atoms with Gasteiger partial charge in [0.25, 0.3) is 0 Å². The monoisotopic (exact) mass is 282 g/mol. The fraction of sp³-hybridized carbons (Fsp3) is 0.333. The van der Waals surface area contributed by atoms with Crippen LogP contribution < -0.4 is 9.47 Å². The third-order valence-electron chi connectivity index (χ3n) is 2.21. The summed E-state index contributed by atoms with van der Waals surface area (Å²) in [6.07, 6.45) is -0.318. The van der Waals surface area contributed by atoms with Gasteiger partial charge in [-0.25, -0.2) is 5.53 Å². The second kappa shape index (κ2) is 7.72. The van der Waals surface area contributed by atoms with Gasteiger partial charge < -0.3 is 19.7 Å². The van der Waals surface area contributed by atoms with E-state index >= 15 is 0 Å². The second-order valence-electron chi connectivity index (χ2n) is 3.73. The number of aliphatic carboxylic acids is 2. The van der Waals surface area contributed by atoms with Gasteiger partial charge in [0.1, 0.15) is 17.2 Å². The zero-order valence-electron chi connectivity index (χ0n) is 10.5. The molecule has 0 fully saturated rings. The first kappa shape index (κ1) is 15.4. The SMILES string of the molecule is N=Nc1ccc(OCCC(=O)O)cc1OCCC(=O)O. The van der Waals surface area contributed by atoms with Crippen LogP contribution in [0.4, 0.5) is 5.69 Å². The molecule has 1 aromatic rings. The highest BCUT2D eigenvalue weighted by Gasteiger charge is 2.07. The number of carboxylic acid groups (broad SMARTS) is 2. The minimum atomic E-state index is -0.997. The second-order valence-corrected chi connectivity index (χ2v) is 3.73. The minimum absolute atomic E-state index is 0.00125. The summed E-state index contributed by atoms with van der Waals surface area (Å²) in [6, 6.07) is 4.44. The Bertz CT molecular complexity index is 503. The number of hydrogen-bond acceptors (Lipinski definition) is 6. The third kappa shape index (κ3) is 5.34. The number of nitrogens with zero attached hydrogens (tertiary/aromatic N) is 1. The molecule has 20 heavy (non-hydrogen) atoms. The van der Waals surface area contributed by atoms with Crippen molar-refractivity contribution in [3.63, 3.8) is 0 Å². The summed E-state index contributed by atoms with van der Waals surface area (Å²) in [5.74, 6) is -1.39. The van der Waals surface area contributed by atoms with Gasteiger partial charge in [-0.05, 0) is 12.1 Å². The molecule has 0 aliphatic carbocycles. The molecule has 0 amide bonds. The van der Waals surface area contributed by atoms with Gasteiger partial charge in [-0.3, -0.25) is 9.59 Å². The van der Waals surface area contributed by atoms with Gasteiger partial charge in [0.2, 0.25) is 0 Å². The predicted octanol–water partition coefficient (Wildman–Crippen LogP) is 2.06. The summed E-state index contributed by atoms with van der Waals surface area (Å²) >= 11 is 0. The van der Waals surface area contributed by atoms with E-state index in [9.17, 15) is 9.59 Å². The van der Waals surface area contributed by atoms with E-state index < -0.39 is 11.9 Å². The van der Waals surface area contributed by atoms with Crippen LogP contribution in [-0.2, 0) is 9.59 Å². The molecule has 0 saturated heterocycles. The van der Waals surface area contributed by atoms with Crippen molar-refractivity contribution in [3.05, 3.63) is 18.2 Å². The highest BCUT2D eigenvalue weighted by atomic mass is 16.5. The van der Waals surface area contributed by atoms with E-state index in [1.165, 1.54) is 18.2 Å². The Balaban J connectivity index is 2.67. The summed E-state index contributed by atoms with van der Waals surface area (Å²) in [5, 5.41) is 20.3. The number of benzene rings is 1. The molecule has 1 aromatic carbocycles. The molecule has 0 saturated carbocycles. The molecule has 1 rings (SSSR count). The van der Waals surface area contributed by atoms with Crippen LogP contribution in [0.5, 0.6) is 11.5 Å². The van der Waals surface area contributed by atoms with E-state index in [1.807, 2.05) is 0 Å². The van der Waals surface area contributed by atoms with Crippen molar-refractivity contribution >= 4 is 17.6 Å². The largest absolute Gasteiger partial charge is 0.493 e. The Hall–Kier alpha value is -2.64. The Kier molecular flexibility index (Phi) is 5.95. The molecule has 0 spiro atoms. The maximum Gasteiger partial charge on any atom is 0.306 e. The lowest BCUT2D eigenvalue weighted by atomic mass is 10.3. The summed E-state index contributed by atoms with van der Waals surface area (Å²) in [5.41, 5.74) is 7.22. The van der Waals surface area contributed by atoms with Crippen molar-refractivity contribution in [1.29, 1.82) is 5.53 Å². The molecular weight excluding hydrogens is 268 g/mol. The summed E-state index contributed by atoms with van der Waals surface area (Å²) in [6.45, 7) is -0.0578. The van der Waals surface area contributed by atoms with Gasteiger partial charge in [-0.15, -0.1) is 0 Å². The number of carbonyl (C=O) groups is 2. The fourth-order valence-electron chi connectivity index (χ4n) is 1.30. The zero-order valence-corrected chi connectivity index (χ0v) is 10.5. The normalized spacial score (nSPS) is 9.80. The number of carboxylic acids is 2. The lowest BCUT2D eigenvalue weighted by Gasteiger charge is -2.10. The van der Waals surface area contributed by atoms with E-state index in [2.05, 4.69) is 5.11 Å². The first-order chi connectivity index (χ1) is 9.52. The van der Waals surface area contributed by atoms with E-state index in [0.717, 1.165) is 0 Å². The van der Waals surface area contributed by atoms with E-state index in [-0.39, 0.29) is 37.5 Å². The van der Waals surface area contributed by atoms with Crippen molar-refractivity contribution in [2.45, 2.75) is 12.8 Å². The van der Waals surface area contributed by atoms with Gasteiger partial charge in [0.15, 0.2) is 0 Å². The molecule has 0 atom stereocenters. The van der Waals surface area contributed by atoms with E-state index in [0.29, 0.717) is 5.75 Å². The van der Waals surface area contributed by atoms with Gasteiger partial charge in [-0.2, -0.15) is 5.11 Å². The number of rotatable bonds is 9. The quantitative estimate of drug-likeness (QED) is 0.594. The zero-order chi connectivity index (χ0) is 15.0. The lowest BCUT2D eigenvalue weighted by Crippen LogP contribution is -2.06. The van der Waals surface area contributed by atoms with Crippen LogP contribution in [0.1, 0.15) is 12.8 Å². The van der Waals surface area contributed by atoms with Crippen LogP contribution in [0, 0.1) is 5.53 Å². The van der Waals surface area contributed by atoms with E-state index in [4.69, 9.17) is 25.2 Å². The van der Waals surface area contributed by atoms with Gasteiger partial charge in [0.05, 0.1) is 26.1 Å². The maximum absolute atomic E-state index is 10.4. The Labute approximate surface area is 114 Å². The summed E-state index contributed by atoms with van der Waals surface area (Å²) in [7, 11) is 0. The third-order valence-corrected chi connectivity index (χ3v) is 2.21. The Morgan fingerprint density at radius 1 is 1.10 bits per heavy atom. The van der Waals surface area contributed by atoms with Crippen LogP contribution in [-0.4, -0.2) is 35.4 Å². The number of hydrogen-bond donors (Lipinski definition) is 3. The van der Waals surface area contributed by atoms with Crippen molar-refractivity contribution in [1.82, 2.24) is 0 Å². The fourth-order valence-corrected chi connectivity index (χ4v) is 1.30. The predicted molar refractivity (Wildman–Crippen MR) is 66.7 cm³/mol. The molecule has 108 valence electrons. The highest BCUT2D eigenvalue weighted by Crippen LogP contribution is 2.31. The standard InChI is InChI=1S/C12H14N2O6/c13-14-9-2-1-8(19-5-3-11(15)16)7-10(9)20-6-4-12(17)18/h1-2,7,13H,3-6H2,(H,15,16)(H,17,18). The molecule has 8 heteroatoms. The van der Waals surface area contributed by atoms with Crippen molar-refractivity contribution in [2.24, 2.45) is 5.11 Å². The van der Waals surface area contributed by atoms with Gasteiger partial charge in [-0.1, -0.05) is 0 Å². The maximum atomic E-state index is 10.4. The minimum Gasteiger partial charge on any atom is -0.493 e. The van der Waals surface area contributed by atoms with Gasteiger partial charge in [0, 0.05) is 6.07 Å². The molecule has 3 N–H and O–H groups in total. The first-order valence-electron chi connectivity index (χ1n) is 5.73. The average Bonchev–Trinajstić information content (AvgIpc) is 2.38. The highest BCUT2D eigenvalue weighted by molar-refractivity contribution is 5.67. The Morgan fingerprint density at radius 2 is 1.70 bits per heavy atom. The van der Waals surface area contributed by atoms with Crippen LogP contribution in [0.25, 0.3) is 0 Å². The van der Waals surface area contributed by atoms with Crippen LogP contribution >= 0.6 is 0 Å². The summed E-state index contributed by atoms with van der Waals surface area (Å²) < 4.78 is 10.4. The smallest absolute Gasteiger partial charge is 0.306 e.